The van der Waals surface area contributed by atoms with Crippen molar-refractivity contribution in [3.63, 3.8) is 0 Å². The lowest BCUT2D eigenvalue weighted by atomic mass is 9.90. The Morgan fingerprint density at radius 1 is 1.40 bits per heavy atom. The zero-order valence-electron chi connectivity index (χ0n) is 14.9. The summed E-state index contributed by atoms with van der Waals surface area (Å²) in [5.41, 5.74) is 0.105. The van der Waals surface area contributed by atoms with Gasteiger partial charge in [0.05, 0.1) is 24.4 Å². The Morgan fingerprint density at radius 3 is 2.56 bits per heavy atom. The van der Waals surface area contributed by atoms with Gasteiger partial charge in [0.1, 0.15) is 17.9 Å². The van der Waals surface area contributed by atoms with E-state index in [-0.39, 0.29) is 30.0 Å². The lowest BCUT2D eigenvalue weighted by Gasteiger charge is -2.26. The van der Waals surface area contributed by atoms with E-state index in [0.717, 1.165) is 0 Å². The van der Waals surface area contributed by atoms with Crippen LogP contribution in [0.25, 0.3) is 0 Å². The molecule has 25 heavy (non-hydrogen) atoms. The van der Waals surface area contributed by atoms with Crippen LogP contribution in [0.2, 0.25) is 0 Å². The van der Waals surface area contributed by atoms with Crippen LogP contribution in [0.5, 0.6) is 0 Å². The minimum Gasteiger partial charge on any atom is -0.472 e. The maximum atomic E-state index is 12.8. The zero-order chi connectivity index (χ0) is 18.8. The fraction of sp³-hybridized carbons (Fsp3) is 0.647. The van der Waals surface area contributed by atoms with Crippen LogP contribution in [0, 0.1) is 5.41 Å². The van der Waals surface area contributed by atoms with Gasteiger partial charge in [-0.25, -0.2) is 8.42 Å². The first-order valence-electron chi connectivity index (χ1n) is 8.17. The van der Waals surface area contributed by atoms with Crippen molar-refractivity contribution in [2.75, 3.05) is 6.61 Å². The summed E-state index contributed by atoms with van der Waals surface area (Å²) >= 11 is 0. The molecule has 0 aromatic carbocycles. The minimum absolute atomic E-state index is 0.0716. The summed E-state index contributed by atoms with van der Waals surface area (Å²) in [5, 5.41) is 1.32. The van der Waals surface area contributed by atoms with Crippen LogP contribution in [0.4, 0.5) is 0 Å². The van der Waals surface area contributed by atoms with E-state index < -0.39 is 33.1 Å². The number of carbonyl (C=O) groups excluding carboxylic acids is 2. The molecule has 0 aliphatic carbocycles. The molecule has 1 amide bonds. The molecule has 0 radical (unpaired) electrons. The molecular formula is C17H25NO6S. The number of carbonyl (C=O) groups is 2. The van der Waals surface area contributed by atoms with Crippen molar-refractivity contribution in [2.24, 2.45) is 5.41 Å². The second-order valence-electron chi connectivity index (χ2n) is 7.66. The first-order valence-corrected chi connectivity index (χ1v) is 9.88. The number of ketones is 1. The highest BCUT2D eigenvalue weighted by Gasteiger charge is 2.40. The Kier molecular flexibility index (Phi) is 5.73. The smallest absolute Gasteiger partial charge is 0.239 e. The zero-order valence-corrected chi connectivity index (χ0v) is 15.8. The van der Waals surface area contributed by atoms with Crippen molar-refractivity contribution in [1.29, 1.82) is 0 Å². The molecule has 1 aromatic heterocycles. The van der Waals surface area contributed by atoms with E-state index >= 15 is 0 Å². The second kappa shape index (κ2) is 7.29. The Labute approximate surface area is 148 Å². The third-order valence-corrected chi connectivity index (χ3v) is 6.06. The van der Waals surface area contributed by atoms with Gasteiger partial charge >= 0.3 is 0 Å². The first kappa shape index (κ1) is 19.7. The Hall–Kier alpha value is -1.67. The summed E-state index contributed by atoms with van der Waals surface area (Å²) in [7, 11) is -3.78. The number of hydrogen-bond donors (Lipinski definition) is 1. The summed E-state index contributed by atoms with van der Waals surface area (Å²) < 4.78 is 35.8. The molecule has 0 bridgehead atoms. The first-order chi connectivity index (χ1) is 11.5. The molecule has 8 heteroatoms. The van der Waals surface area contributed by atoms with Gasteiger partial charge in [-0.2, -0.15) is 0 Å². The molecule has 0 saturated carbocycles. The highest BCUT2D eigenvalue weighted by atomic mass is 32.2. The molecule has 1 aliphatic rings. The molecule has 1 fully saturated rings. The number of Topliss-reactive ketones (excluding diaryl/α,β-unsaturated/α-hetero) is 1. The fourth-order valence-electron chi connectivity index (χ4n) is 2.75. The van der Waals surface area contributed by atoms with Crippen LogP contribution >= 0.6 is 0 Å². The van der Waals surface area contributed by atoms with E-state index in [2.05, 4.69) is 5.32 Å². The van der Waals surface area contributed by atoms with Crippen LogP contribution in [0.1, 0.15) is 39.7 Å². The van der Waals surface area contributed by atoms with E-state index in [4.69, 9.17) is 9.15 Å². The molecule has 3 unspecified atom stereocenters. The second-order valence-corrected chi connectivity index (χ2v) is 9.84. The van der Waals surface area contributed by atoms with Gasteiger partial charge in [0.2, 0.25) is 5.91 Å². The van der Waals surface area contributed by atoms with Gasteiger partial charge < -0.3 is 14.5 Å². The van der Waals surface area contributed by atoms with Gasteiger partial charge in [-0.05, 0) is 24.8 Å². The summed E-state index contributed by atoms with van der Waals surface area (Å²) in [6, 6.07) is 0.749. The van der Waals surface area contributed by atoms with Crippen molar-refractivity contribution >= 4 is 21.5 Å². The normalized spacial score (nSPS) is 22.8. The standard InChI is InChI=1S/C17H25NO6S/c1-11-15(13(19)9-24-11)18-16(20)14(7-17(2,3)4)25(21,22)10-12-5-6-23-8-12/h5-6,8,11,14-15H,7,9-10H2,1-4H3,(H,18,20). The van der Waals surface area contributed by atoms with E-state index in [1.807, 2.05) is 20.8 Å². The number of sulfone groups is 1. The van der Waals surface area contributed by atoms with Crippen molar-refractivity contribution in [3.05, 3.63) is 24.2 Å². The van der Waals surface area contributed by atoms with Crippen LogP contribution < -0.4 is 5.32 Å². The molecule has 2 rings (SSSR count). The lowest BCUT2D eigenvalue weighted by molar-refractivity contribution is -0.126. The van der Waals surface area contributed by atoms with Gasteiger partial charge in [0, 0.05) is 5.56 Å². The highest BCUT2D eigenvalue weighted by Crippen LogP contribution is 2.27. The summed E-state index contributed by atoms with van der Waals surface area (Å²) in [4.78, 5) is 24.6. The highest BCUT2D eigenvalue weighted by molar-refractivity contribution is 7.92. The summed E-state index contributed by atoms with van der Waals surface area (Å²) in [5.74, 6) is -1.20. The largest absolute Gasteiger partial charge is 0.472 e. The monoisotopic (exact) mass is 371 g/mol. The van der Waals surface area contributed by atoms with E-state index in [0.29, 0.717) is 5.56 Å². The molecule has 1 saturated heterocycles. The summed E-state index contributed by atoms with van der Waals surface area (Å²) in [6.45, 7) is 7.21. The SMILES string of the molecule is CC1OCC(=O)C1NC(=O)C(CC(C)(C)C)S(=O)(=O)Cc1ccoc1. The van der Waals surface area contributed by atoms with Crippen molar-refractivity contribution in [3.8, 4) is 0 Å². The van der Waals surface area contributed by atoms with Crippen LogP contribution in [-0.4, -0.2) is 44.1 Å². The Morgan fingerprint density at radius 2 is 2.08 bits per heavy atom. The average Bonchev–Trinajstić information content (AvgIpc) is 3.08. The number of amides is 1. The number of rotatable bonds is 6. The molecule has 1 N–H and O–H groups in total. The van der Waals surface area contributed by atoms with Crippen LogP contribution in [0.3, 0.4) is 0 Å². The Bertz CT molecular complexity index is 717. The molecule has 7 nitrogen and oxygen atoms in total. The van der Waals surface area contributed by atoms with Crippen molar-refractivity contribution in [1.82, 2.24) is 5.32 Å². The predicted molar refractivity (Wildman–Crippen MR) is 91.5 cm³/mol. The number of nitrogens with one attached hydrogen (secondary N) is 1. The molecule has 0 spiro atoms. The van der Waals surface area contributed by atoms with Crippen molar-refractivity contribution < 1.29 is 27.2 Å². The van der Waals surface area contributed by atoms with Crippen LogP contribution in [0.15, 0.2) is 23.0 Å². The third kappa shape index (κ3) is 5.15. The van der Waals surface area contributed by atoms with Gasteiger partial charge in [-0.1, -0.05) is 20.8 Å². The third-order valence-electron chi connectivity index (χ3n) is 4.07. The number of furan rings is 1. The molecule has 2 heterocycles. The maximum absolute atomic E-state index is 12.8. The van der Waals surface area contributed by atoms with E-state index in [9.17, 15) is 18.0 Å². The predicted octanol–water partition coefficient (Wildman–Crippen LogP) is 1.47. The maximum Gasteiger partial charge on any atom is 0.239 e. The van der Waals surface area contributed by atoms with Crippen molar-refractivity contribution in [2.45, 2.75) is 57.3 Å². The van der Waals surface area contributed by atoms with Gasteiger partial charge in [-0.3, -0.25) is 9.59 Å². The van der Waals surface area contributed by atoms with Gasteiger partial charge in [0.25, 0.3) is 0 Å². The number of ether oxygens (including phenoxy) is 1. The quantitative estimate of drug-likeness (QED) is 0.812. The number of hydrogen-bond acceptors (Lipinski definition) is 6. The van der Waals surface area contributed by atoms with E-state index in [1.54, 1.807) is 13.0 Å². The summed E-state index contributed by atoms with van der Waals surface area (Å²) in [6.07, 6.45) is 2.41. The average molecular weight is 371 g/mol. The minimum atomic E-state index is -3.78. The lowest BCUT2D eigenvalue weighted by Crippen LogP contribution is -2.50. The molecular weight excluding hydrogens is 346 g/mol. The Balaban J connectivity index is 2.22. The fourth-order valence-corrected chi connectivity index (χ4v) is 4.73. The molecule has 3 atom stereocenters. The molecule has 140 valence electrons. The van der Waals surface area contributed by atoms with Gasteiger partial charge in [0.15, 0.2) is 15.6 Å². The molecule has 1 aliphatic heterocycles. The van der Waals surface area contributed by atoms with Gasteiger partial charge in [-0.15, -0.1) is 0 Å². The van der Waals surface area contributed by atoms with E-state index in [1.165, 1.54) is 12.5 Å². The molecule has 1 aromatic rings. The topological polar surface area (TPSA) is 103 Å². The van der Waals surface area contributed by atoms with Crippen LogP contribution in [-0.2, 0) is 29.9 Å².